The second-order valence-corrected chi connectivity index (χ2v) is 6.90. The van der Waals surface area contributed by atoms with Gasteiger partial charge in [-0.1, -0.05) is 26.0 Å². The van der Waals surface area contributed by atoms with Crippen LogP contribution in [0.3, 0.4) is 0 Å². The Morgan fingerprint density at radius 3 is 2.33 bits per heavy atom. The van der Waals surface area contributed by atoms with Gasteiger partial charge in [-0.2, -0.15) is 0 Å². The molecule has 0 aromatic heterocycles. The van der Waals surface area contributed by atoms with E-state index in [1.165, 1.54) is 6.07 Å². The molecule has 102 valence electrons. The number of benzene rings is 1. The number of hydrogen-bond donors (Lipinski definition) is 1. The van der Waals surface area contributed by atoms with Crippen molar-refractivity contribution < 1.29 is 4.39 Å². The predicted molar refractivity (Wildman–Crippen MR) is 76.3 cm³/mol. The normalized spacial score (nSPS) is 12.8. The fourth-order valence-electron chi connectivity index (χ4n) is 2.06. The van der Waals surface area contributed by atoms with E-state index in [4.69, 9.17) is 0 Å². The van der Waals surface area contributed by atoms with Crippen molar-refractivity contribution in [1.29, 1.82) is 0 Å². The number of halogens is 1. The minimum Gasteiger partial charge on any atom is -0.312 e. The second kappa shape index (κ2) is 5.83. The molecular weight excluding hydrogens is 225 g/mol. The van der Waals surface area contributed by atoms with Crippen LogP contribution in [-0.2, 0) is 6.42 Å². The molecule has 1 aromatic rings. The topological polar surface area (TPSA) is 12.0 Å². The third-order valence-electron chi connectivity index (χ3n) is 3.03. The Morgan fingerprint density at radius 2 is 1.78 bits per heavy atom. The molecule has 0 spiro atoms. The van der Waals surface area contributed by atoms with Gasteiger partial charge in [0.05, 0.1) is 0 Å². The Balaban J connectivity index is 2.49. The standard InChI is InChI=1S/C16H26FN/c1-15(2,3)18-10-9-16(4,5)12-13-7-6-8-14(17)11-13/h6-8,11,18H,9-10,12H2,1-5H3. The molecule has 0 radical (unpaired) electrons. The average molecular weight is 251 g/mol. The molecule has 0 atom stereocenters. The lowest BCUT2D eigenvalue weighted by Gasteiger charge is -2.28. The number of hydrogen-bond acceptors (Lipinski definition) is 1. The van der Waals surface area contributed by atoms with Gasteiger partial charge in [0, 0.05) is 5.54 Å². The maximum atomic E-state index is 13.1. The van der Waals surface area contributed by atoms with Crippen molar-refractivity contribution >= 4 is 0 Å². The zero-order valence-electron chi connectivity index (χ0n) is 12.3. The lowest BCUT2D eigenvalue weighted by atomic mass is 9.82. The summed E-state index contributed by atoms with van der Waals surface area (Å²) in [5, 5.41) is 3.50. The van der Waals surface area contributed by atoms with Crippen LogP contribution in [0.2, 0.25) is 0 Å². The van der Waals surface area contributed by atoms with Crippen molar-refractivity contribution in [3.05, 3.63) is 35.6 Å². The van der Waals surface area contributed by atoms with Gasteiger partial charge in [-0.05, 0) is 63.3 Å². The van der Waals surface area contributed by atoms with E-state index in [2.05, 4.69) is 39.9 Å². The van der Waals surface area contributed by atoms with Crippen LogP contribution >= 0.6 is 0 Å². The molecule has 18 heavy (non-hydrogen) atoms. The van der Waals surface area contributed by atoms with E-state index < -0.39 is 0 Å². The van der Waals surface area contributed by atoms with Gasteiger partial charge < -0.3 is 5.32 Å². The molecule has 1 aromatic carbocycles. The third-order valence-corrected chi connectivity index (χ3v) is 3.03. The molecule has 0 fully saturated rings. The first-order chi connectivity index (χ1) is 8.18. The SMILES string of the molecule is CC(C)(CCNC(C)(C)C)Cc1cccc(F)c1. The first-order valence-electron chi connectivity index (χ1n) is 6.67. The van der Waals surface area contributed by atoms with Crippen LogP contribution in [0, 0.1) is 11.2 Å². The summed E-state index contributed by atoms with van der Waals surface area (Å²) in [6.07, 6.45) is 2.00. The summed E-state index contributed by atoms with van der Waals surface area (Å²) in [6.45, 7) is 12.0. The van der Waals surface area contributed by atoms with E-state index in [0.29, 0.717) is 0 Å². The first kappa shape index (κ1) is 15.2. The van der Waals surface area contributed by atoms with Gasteiger partial charge in [-0.25, -0.2) is 4.39 Å². The fraction of sp³-hybridized carbons (Fsp3) is 0.625. The van der Waals surface area contributed by atoms with Gasteiger partial charge in [-0.15, -0.1) is 0 Å². The predicted octanol–water partition coefficient (Wildman–Crippen LogP) is 4.17. The van der Waals surface area contributed by atoms with Crippen molar-refractivity contribution in [2.75, 3.05) is 6.54 Å². The van der Waals surface area contributed by atoms with Gasteiger partial charge >= 0.3 is 0 Å². The van der Waals surface area contributed by atoms with Crippen molar-refractivity contribution in [1.82, 2.24) is 5.32 Å². The summed E-state index contributed by atoms with van der Waals surface area (Å²) in [6, 6.07) is 6.92. The van der Waals surface area contributed by atoms with E-state index in [9.17, 15) is 4.39 Å². The Hall–Kier alpha value is -0.890. The quantitative estimate of drug-likeness (QED) is 0.828. The summed E-state index contributed by atoms with van der Waals surface area (Å²) < 4.78 is 13.1. The molecule has 1 nitrogen and oxygen atoms in total. The van der Waals surface area contributed by atoms with Gasteiger partial charge in [0.25, 0.3) is 0 Å². The first-order valence-corrected chi connectivity index (χ1v) is 6.67. The highest BCUT2D eigenvalue weighted by Gasteiger charge is 2.19. The molecule has 1 rings (SSSR count). The summed E-state index contributed by atoms with van der Waals surface area (Å²) in [7, 11) is 0. The molecule has 0 aliphatic heterocycles. The monoisotopic (exact) mass is 251 g/mol. The van der Waals surface area contributed by atoms with Crippen LogP contribution in [0.15, 0.2) is 24.3 Å². The Kier molecular flexibility index (Phi) is 4.92. The van der Waals surface area contributed by atoms with Crippen LogP contribution in [-0.4, -0.2) is 12.1 Å². The zero-order valence-corrected chi connectivity index (χ0v) is 12.3. The summed E-state index contributed by atoms with van der Waals surface area (Å²) in [5.74, 6) is -0.142. The molecule has 0 bridgehead atoms. The zero-order chi connectivity index (χ0) is 13.8. The molecule has 0 heterocycles. The fourth-order valence-corrected chi connectivity index (χ4v) is 2.06. The molecule has 0 aliphatic carbocycles. The lowest BCUT2D eigenvalue weighted by molar-refractivity contribution is 0.302. The summed E-state index contributed by atoms with van der Waals surface area (Å²) in [5.41, 5.74) is 1.43. The molecule has 2 heteroatoms. The average Bonchev–Trinajstić information content (AvgIpc) is 2.13. The number of rotatable bonds is 5. The molecule has 1 N–H and O–H groups in total. The molecule has 0 amide bonds. The highest BCUT2D eigenvalue weighted by atomic mass is 19.1. The Bertz CT molecular complexity index is 377. The molecule has 0 unspecified atom stereocenters. The van der Waals surface area contributed by atoms with Crippen molar-refractivity contribution in [2.24, 2.45) is 5.41 Å². The van der Waals surface area contributed by atoms with Crippen LogP contribution in [0.5, 0.6) is 0 Å². The summed E-state index contributed by atoms with van der Waals surface area (Å²) >= 11 is 0. The lowest BCUT2D eigenvalue weighted by Crippen LogP contribution is -2.38. The van der Waals surface area contributed by atoms with E-state index in [-0.39, 0.29) is 16.8 Å². The smallest absolute Gasteiger partial charge is 0.123 e. The maximum Gasteiger partial charge on any atom is 0.123 e. The highest BCUT2D eigenvalue weighted by Crippen LogP contribution is 2.26. The van der Waals surface area contributed by atoms with Crippen molar-refractivity contribution in [3.63, 3.8) is 0 Å². The summed E-state index contributed by atoms with van der Waals surface area (Å²) in [4.78, 5) is 0. The highest BCUT2D eigenvalue weighted by molar-refractivity contribution is 5.17. The van der Waals surface area contributed by atoms with Gasteiger partial charge in [0.15, 0.2) is 0 Å². The van der Waals surface area contributed by atoms with E-state index in [1.54, 1.807) is 12.1 Å². The van der Waals surface area contributed by atoms with Crippen LogP contribution in [0.25, 0.3) is 0 Å². The van der Waals surface area contributed by atoms with Gasteiger partial charge in [0.1, 0.15) is 5.82 Å². The minimum absolute atomic E-state index is 0.142. The van der Waals surface area contributed by atoms with Crippen molar-refractivity contribution in [3.8, 4) is 0 Å². The third kappa shape index (κ3) is 6.15. The van der Waals surface area contributed by atoms with E-state index in [1.807, 2.05) is 6.07 Å². The maximum absolute atomic E-state index is 13.1. The number of nitrogens with one attached hydrogen (secondary N) is 1. The second-order valence-electron chi connectivity index (χ2n) is 6.90. The van der Waals surface area contributed by atoms with Crippen LogP contribution < -0.4 is 5.32 Å². The molecule has 0 saturated carbocycles. The van der Waals surface area contributed by atoms with Crippen LogP contribution in [0.1, 0.15) is 46.6 Å². The Labute approximate surface area is 111 Å². The largest absolute Gasteiger partial charge is 0.312 e. The van der Waals surface area contributed by atoms with Gasteiger partial charge in [-0.3, -0.25) is 0 Å². The molecule has 0 saturated heterocycles. The van der Waals surface area contributed by atoms with Gasteiger partial charge in [0.2, 0.25) is 0 Å². The van der Waals surface area contributed by atoms with Crippen molar-refractivity contribution in [2.45, 2.75) is 53.0 Å². The van der Waals surface area contributed by atoms with E-state index >= 15 is 0 Å². The molecular formula is C16H26FN. The van der Waals surface area contributed by atoms with Crippen LogP contribution in [0.4, 0.5) is 4.39 Å². The van der Waals surface area contributed by atoms with E-state index in [0.717, 1.165) is 24.9 Å². The Morgan fingerprint density at radius 1 is 1.11 bits per heavy atom. The molecule has 0 aliphatic rings. The minimum atomic E-state index is -0.142.